The predicted molar refractivity (Wildman–Crippen MR) is 107 cm³/mol. The highest BCUT2D eigenvalue weighted by atomic mass is 35.5. The van der Waals surface area contributed by atoms with Gasteiger partial charge in [-0.2, -0.15) is 0 Å². The molecule has 0 bridgehead atoms. The molecule has 0 aliphatic heterocycles. The van der Waals surface area contributed by atoms with Gasteiger partial charge in [0, 0.05) is 25.7 Å². The normalized spacial score (nSPS) is 10.8. The molecule has 0 fully saturated rings. The molecular weight excluding hydrogens is 407 g/mol. The number of nitrogens with one attached hydrogen (secondary N) is 1. The first-order valence-corrected chi connectivity index (χ1v) is 9.23. The number of rotatable bonds is 5. The summed E-state index contributed by atoms with van der Waals surface area (Å²) in [6.07, 6.45) is 2.32. The second kappa shape index (κ2) is 8.99. The zero-order chi connectivity index (χ0) is 21.0. The van der Waals surface area contributed by atoms with E-state index < -0.39 is 17.7 Å². The van der Waals surface area contributed by atoms with E-state index in [4.69, 9.17) is 16.3 Å². The minimum absolute atomic E-state index is 0.0679. The molecular formula is C19H18ClFN2O4S. The van der Waals surface area contributed by atoms with E-state index in [0.29, 0.717) is 10.4 Å². The van der Waals surface area contributed by atoms with Crippen molar-refractivity contribution >= 4 is 51.8 Å². The standard InChI is InChI=1S/C19H18ClFN2O4S/c1-10-15(19(26)27-4)17(28-16(10)18(25)23(2)3)22-14(24)9-8-11-12(20)6-5-7-13(11)21/h5-9H,1-4H3,(H,22,24). The number of benzene rings is 1. The van der Waals surface area contributed by atoms with Gasteiger partial charge >= 0.3 is 5.97 Å². The number of ether oxygens (including phenoxy) is 1. The number of carbonyl (C=O) groups excluding carboxylic acids is 3. The molecule has 2 rings (SSSR count). The van der Waals surface area contributed by atoms with Crippen LogP contribution in [0.3, 0.4) is 0 Å². The molecule has 1 heterocycles. The fourth-order valence-corrected chi connectivity index (χ4v) is 3.78. The highest BCUT2D eigenvalue weighted by Gasteiger charge is 2.26. The number of halogens is 2. The smallest absolute Gasteiger partial charge is 0.341 e. The zero-order valence-electron chi connectivity index (χ0n) is 15.6. The molecule has 0 atom stereocenters. The van der Waals surface area contributed by atoms with E-state index in [-0.39, 0.29) is 27.1 Å². The predicted octanol–water partition coefficient (Wildman–Crippen LogP) is 3.99. The van der Waals surface area contributed by atoms with Crippen molar-refractivity contribution in [2.45, 2.75) is 6.92 Å². The second-order valence-electron chi connectivity index (χ2n) is 5.91. The van der Waals surface area contributed by atoms with Crippen LogP contribution in [-0.2, 0) is 9.53 Å². The summed E-state index contributed by atoms with van der Waals surface area (Å²) in [4.78, 5) is 38.4. The maximum Gasteiger partial charge on any atom is 0.341 e. The van der Waals surface area contributed by atoms with Crippen molar-refractivity contribution in [2.75, 3.05) is 26.5 Å². The molecule has 0 saturated carbocycles. The Morgan fingerprint density at radius 2 is 1.96 bits per heavy atom. The second-order valence-corrected chi connectivity index (χ2v) is 7.34. The molecule has 9 heteroatoms. The van der Waals surface area contributed by atoms with E-state index in [1.165, 1.54) is 36.3 Å². The van der Waals surface area contributed by atoms with Crippen LogP contribution in [0.4, 0.5) is 9.39 Å². The van der Waals surface area contributed by atoms with Crippen LogP contribution in [0.25, 0.3) is 6.08 Å². The SMILES string of the molecule is COC(=O)c1c(NC(=O)C=Cc2c(F)cccc2Cl)sc(C(=O)N(C)C)c1C. The number of methoxy groups -OCH3 is 1. The summed E-state index contributed by atoms with van der Waals surface area (Å²) in [5.41, 5.74) is 0.577. The average Bonchev–Trinajstić information content (AvgIpc) is 2.95. The molecule has 0 spiro atoms. The molecule has 1 aromatic heterocycles. The molecule has 0 unspecified atom stereocenters. The van der Waals surface area contributed by atoms with Crippen molar-refractivity contribution in [1.29, 1.82) is 0 Å². The molecule has 0 aliphatic rings. The fourth-order valence-electron chi connectivity index (χ4n) is 2.34. The topological polar surface area (TPSA) is 75.7 Å². The number of amides is 2. The molecule has 6 nitrogen and oxygen atoms in total. The first-order chi connectivity index (χ1) is 13.2. The van der Waals surface area contributed by atoms with Gasteiger partial charge in [-0.1, -0.05) is 17.7 Å². The Balaban J connectivity index is 2.35. The lowest BCUT2D eigenvalue weighted by Crippen LogP contribution is -2.21. The van der Waals surface area contributed by atoms with Crippen LogP contribution < -0.4 is 5.32 Å². The molecule has 1 N–H and O–H groups in total. The Labute approximate surface area is 170 Å². The van der Waals surface area contributed by atoms with Gasteiger partial charge in [0.15, 0.2) is 0 Å². The van der Waals surface area contributed by atoms with Gasteiger partial charge in [-0.25, -0.2) is 9.18 Å². The minimum Gasteiger partial charge on any atom is -0.465 e. The zero-order valence-corrected chi connectivity index (χ0v) is 17.2. The monoisotopic (exact) mass is 424 g/mol. The van der Waals surface area contributed by atoms with Crippen LogP contribution in [0, 0.1) is 12.7 Å². The molecule has 148 valence electrons. The average molecular weight is 425 g/mol. The summed E-state index contributed by atoms with van der Waals surface area (Å²) in [5.74, 6) is -2.17. The number of hydrogen-bond acceptors (Lipinski definition) is 5. The Morgan fingerprint density at radius 1 is 1.29 bits per heavy atom. The third-order valence-electron chi connectivity index (χ3n) is 3.77. The molecule has 0 saturated heterocycles. The van der Waals surface area contributed by atoms with Crippen molar-refractivity contribution in [3.8, 4) is 0 Å². The van der Waals surface area contributed by atoms with E-state index >= 15 is 0 Å². The minimum atomic E-state index is -0.678. The fraction of sp³-hybridized carbons (Fsp3) is 0.211. The Hall–Kier alpha value is -2.71. The third-order valence-corrected chi connectivity index (χ3v) is 5.30. The number of esters is 1. The van der Waals surface area contributed by atoms with Gasteiger partial charge < -0.3 is 15.0 Å². The van der Waals surface area contributed by atoms with Crippen LogP contribution >= 0.6 is 22.9 Å². The number of nitrogens with zero attached hydrogens (tertiary/aromatic N) is 1. The highest BCUT2D eigenvalue weighted by Crippen LogP contribution is 2.34. The van der Waals surface area contributed by atoms with Crippen LogP contribution in [0.2, 0.25) is 5.02 Å². The summed E-state index contributed by atoms with van der Waals surface area (Å²) in [6, 6.07) is 4.18. The summed E-state index contributed by atoms with van der Waals surface area (Å²) >= 11 is 6.89. The molecule has 1 aromatic carbocycles. The lowest BCUT2D eigenvalue weighted by atomic mass is 10.1. The number of hydrogen-bond donors (Lipinski definition) is 1. The third kappa shape index (κ3) is 4.58. The Kier molecular flexibility index (Phi) is 6.93. The number of thiophene rings is 1. The van der Waals surface area contributed by atoms with E-state index in [1.807, 2.05) is 0 Å². The van der Waals surface area contributed by atoms with Crippen LogP contribution in [0.15, 0.2) is 24.3 Å². The summed E-state index contributed by atoms with van der Waals surface area (Å²) < 4.78 is 18.6. The van der Waals surface area contributed by atoms with Gasteiger partial charge in [0.25, 0.3) is 5.91 Å². The first-order valence-electron chi connectivity index (χ1n) is 8.03. The van der Waals surface area contributed by atoms with Gasteiger partial charge in [0.05, 0.1) is 22.6 Å². The quantitative estimate of drug-likeness (QED) is 0.581. The molecule has 2 amide bonds. The summed E-state index contributed by atoms with van der Waals surface area (Å²) in [7, 11) is 4.37. The lowest BCUT2D eigenvalue weighted by Gasteiger charge is -2.08. The maximum atomic E-state index is 13.8. The molecule has 28 heavy (non-hydrogen) atoms. The van der Waals surface area contributed by atoms with Crippen LogP contribution in [0.1, 0.15) is 31.2 Å². The lowest BCUT2D eigenvalue weighted by molar-refractivity contribution is -0.111. The Morgan fingerprint density at radius 3 is 2.54 bits per heavy atom. The molecule has 0 aliphatic carbocycles. The van der Waals surface area contributed by atoms with E-state index in [2.05, 4.69) is 5.32 Å². The van der Waals surface area contributed by atoms with E-state index in [0.717, 1.165) is 17.4 Å². The maximum absolute atomic E-state index is 13.8. The summed E-state index contributed by atoms with van der Waals surface area (Å²) in [5, 5.41) is 2.87. The van der Waals surface area contributed by atoms with Gasteiger partial charge in [-0.15, -0.1) is 11.3 Å². The number of anilines is 1. The van der Waals surface area contributed by atoms with Crippen molar-refractivity contribution < 1.29 is 23.5 Å². The van der Waals surface area contributed by atoms with Crippen molar-refractivity contribution in [2.24, 2.45) is 0 Å². The van der Waals surface area contributed by atoms with Crippen LogP contribution in [-0.4, -0.2) is 43.9 Å². The first kappa shape index (κ1) is 21.6. The highest BCUT2D eigenvalue weighted by molar-refractivity contribution is 7.18. The van der Waals surface area contributed by atoms with E-state index in [1.54, 1.807) is 21.0 Å². The van der Waals surface area contributed by atoms with Crippen molar-refractivity contribution in [1.82, 2.24) is 4.90 Å². The van der Waals surface area contributed by atoms with Crippen molar-refractivity contribution in [3.63, 3.8) is 0 Å². The Bertz CT molecular complexity index is 949. The summed E-state index contributed by atoms with van der Waals surface area (Å²) in [6.45, 7) is 1.60. The number of carbonyl (C=O) groups is 3. The molecule has 2 aromatic rings. The van der Waals surface area contributed by atoms with Gasteiger partial charge in [-0.05, 0) is 30.7 Å². The van der Waals surface area contributed by atoms with E-state index in [9.17, 15) is 18.8 Å². The largest absolute Gasteiger partial charge is 0.465 e. The van der Waals surface area contributed by atoms with Gasteiger partial charge in [0.2, 0.25) is 5.91 Å². The van der Waals surface area contributed by atoms with Gasteiger partial charge in [0.1, 0.15) is 10.8 Å². The van der Waals surface area contributed by atoms with Crippen molar-refractivity contribution in [3.05, 3.63) is 56.7 Å². The van der Waals surface area contributed by atoms with Crippen LogP contribution in [0.5, 0.6) is 0 Å². The molecule has 0 radical (unpaired) electrons. The van der Waals surface area contributed by atoms with Gasteiger partial charge in [-0.3, -0.25) is 9.59 Å².